The van der Waals surface area contributed by atoms with Gasteiger partial charge in [0, 0.05) is 38.8 Å². The van der Waals surface area contributed by atoms with Crippen LogP contribution < -0.4 is 10.6 Å². The number of carbonyl (C=O) groups excluding carboxylic acids is 2. The zero-order valence-corrected chi connectivity index (χ0v) is 18.6. The summed E-state index contributed by atoms with van der Waals surface area (Å²) in [5.74, 6) is -0.356. The smallest absolute Gasteiger partial charge is 0.247 e. The van der Waals surface area contributed by atoms with Crippen LogP contribution in [0.15, 0.2) is 29.2 Å². The first kappa shape index (κ1) is 22.7. The maximum Gasteiger partial charge on any atom is 0.247 e. The van der Waals surface area contributed by atoms with Crippen molar-refractivity contribution in [2.45, 2.75) is 50.5 Å². The molecule has 2 amide bonds. The Kier molecular flexibility index (Phi) is 7.49. The van der Waals surface area contributed by atoms with E-state index in [4.69, 9.17) is 0 Å². The van der Waals surface area contributed by atoms with Crippen LogP contribution in [-0.2, 0) is 19.6 Å². The summed E-state index contributed by atoms with van der Waals surface area (Å²) in [4.78, 5) is 26.8. The minimum Gasteiger partial charge on any atom is -0.344 e. The summed E-state index contributed by atoms with van der Waals surface area (Å²) in [5, 5.41) is 5.60. The van der Waals surface area contributed by atoms with Crippen LogP contribution in [-0.4, -0.2) is 68.2 Å². The lowest BCUT2D eigenvalue weighted by atomic mass is 9.97. The fourth-order valence-electron chi connectivity index (χ4n) is 4.27. The normalized spacial score (nSPS) is 20.1. The van der Waals surface area contributed by atoms with E-state index in [9.17, 15) is 18.0 Å². The number of rotatable bonds is 7. The van der Waals surface area contributed by atoms with E-state index in [-0.39, 0.29) is 22.6 Å². The standard InChI is InChI=1S/C21H32N4O4S/c1-3-24-12-14-25(15-13-24)30(28,29)19-10-8-18(9-11-19)23-21(27)20(22-16(2)26)17-6-4-5-7-17/h8-11,17,20H,3-7,12-15H2,1-2H3,(H,22,26)(H,23,27). The Hall–Kier alpha value is -1.97. The molecule has 1 atom stereocenters. The number of hydrogen-bond acceptors (Lipinski definition) is 5. The van der Waals surface area contributed by atoms with Crippen LogP contribution >= 0.6 is 0 Å². The van der Waals surface area contributed by atoms with Gasteiger partial charge in [0.15, 0.2) is 0 Å². The molecule has 1 aromatic carbocycles. The van der Waals surface area contributed by atoms with Crippen molar-refractivity contribution < 1.29 is 18.0 Å². The molecule has 166 valence electrons. The van der Waals surface area contributed by atoms with Gasteiger partial charge in [0.2, 0.25) is 21.8 Å². The van der Waals surface area contributed by atoms with Crippen LogP contribution in [0, 0.1) is 5.92 Å². The van der Waals surface area contributed by atoms with Gasteiger partial charge in [-0.25, -0.2) is 8.42 Å². The molecule has 0 radical (unpaired) electrons. The predicted molar refractivity (Wildman–Crippen MR) is 116 cm³/mol. The van der Waals surface area contributed by atoms with Gasteiger partial charge >= 0.3 is 0 Å². The third kappa shape index (κ3) is 5.39. The van der Waals surface area contributed by atoms with Gasteiger partial charge in [0.25, 0.3) is 0 Å². The molecule has 1 aliphatic carbocycles. The Bertz CT molecular complexity index is 842. The molecule has 2 aliphatic rings. The highest BCUT2D eigenvalue weighted by atomic mass is 32.2. The van der Waals surface area contributed by atoms with Gasteiger partial charge in [0.05, 0.1) is 4.90 Å². The second-order valence-corrected chi connectivity index (χ2v) is 10.0. The molecule has 2 N–H and O–H groups in total. The van der Waals surface area contributed by atoms with Crippen molar-refractivity contribution >= 4 is 27.5 Å². The number of sulfonamides is 1. The summed E-state index contributed by atoms with van der Waals surface area (Å²) in [7, 11) is -3.55. The first-order chi connectivity index (χ1) is 14.3. The zero-order chi connectivity index (χ0) is 21.7. The molecule has 1 aromatic rings. The molecule has 1 saturated carbocycles. The molecule has 1 unspecified atom stereocenters. The number of piperazine rings is 1. The second-order valence-electron chi connectivity index (χ2n) is 8.07. The molecular weight excluding hydrogens is 404 g/mol. The van der Waals surface area contributed by atoms with Crippen molar-refractivity contribution in [2.24, 2.45) is 5.92 Å². The summed E-state index contributed by atoms with van der Waals surface area (Å²) >= 11 is 0. The van der Waals surface area contributed by atoms with Gasteiger partial charge in [-0.2, -0.15) is 4.31 Å². The van der Waals surface area contributed by atoms with Crippen LogP contribution in [0.2, 0.25) is 0 Å². The predicted octanol–water partition coefficient (Wildman–Crippen LogP) is 1.65. The Morgan fingerprint density at radius 1 is 1.07 bits per heavy atom. The largest absolute Gasteiger partial charge is 0.344 e. The van der Waals surface area contributed by atoms with Crippen LogP contribution in [0.4, 0.5) is 5.69 Å². The van der Waals surface area contributed by atoms with Gasteiger partial charge in [0.1, 0.15) is 6.04 Å². The molecule has 3 rings (SSSR count). The number of amides is 2. The lowest BCUT2D eigenvalue weighted by molar-refractivity contribution is -0.126. The highest BCUT2D eigenvalue weighted by Gasteiger charge is 2.32. The number of nitrogens with one attached hydrogen (secondary N) is 2. The Morgan fingerprint density at radius 2 is 1.67 bits per heavy atom. The van der Waals surface area contributed by atoms with Crippen molar-refractivity contribution in [3.63, 3.8) is 0 Å². The SMILES string of the molecule is CCN1CCN(S(=O)(=O)c2ccc(NC(=O)C(NC(C)=O)C3CCCC3)cc2)CC1. The fourth-order valence-corrected chi connectivity index (χ4v) is 5.69. The molecule has 0 bridgehead atoms. The van der Waals surface area contributed by atoms with Crippen molar-refractivity contribution in [1.82, 2.24) is 14.5 Å². The quantitative estimate of drug-likeness (QED) is 0.677. The van der Waals surface area contributed by atoms with Crippen LogP contribution in [0.1, 0.15) is 39.5 Å². The molecule has 0 aromatic heterocycles. The molecule has 0 spiro atoms. The average Bonchev–Trinajstić information content (AvgIpc) is 3.27. The highest BCUT2D eigenvalue weighted by molar-refractivity contribution is 7.89. The molecule has 1 heterocycles. The maximum atomic E-state index is 12.9. The third-order valence-corrected chi connectivity index (χ3v) is 7.96. The van der Waals surface area contributed by atoms with Crippen LogP contribution in [0.5, 0.6) is 0 Å². The van der Waals surface area contributed by atoms with Gasteiger partial charge in [-0.3, -0.25) is 9.59 Å². The third-order valence-electron chi connectivity index (χ3n) is 6.05. The Balaban J connectivity index is 1.66. The Labute approximate surface area is 179 Å². The first-order valence-electron chi connectivity index (χ1n) is 10.7. The van der Waals surface area contributed by atoms with Crippen LogP contribution in [0.25, 0.3) is 0 Å². The van der Waals surface area contributed by atoms with Gasteiger partial charge in [-0.1, -0.05) is 19.8 Å². The van der Waals surface area contributed by atoms with Gasteiger partial charge in [-0.05, 0) is 49.6 Å². The van der Waals surface area contributed by atoms with E-state index in [1.165, 1.54) is 23.4 Å². The number of hydrogen-bond donors (Lipinski definition) is 2. The van der Waals surface area contributed by atoms with Gasteiger partial charge < -0.3 is 15.5 Å². The molecule has 30 heavy (non-hydrogen) atoms. The van der Waals surface area contributed by atoms with E-state index in [0.717, 1.165) is 45.3 Å². The monoisotopic (exact) mass is 436 g/mol. The average molecular weight is 437 g/mol. The number of carbonyl (C=O) groups is 2. The molecule has 1 aliphatic heterocycles. The minimum atomic E-state index is -3.55. The summed E-state index contributed by atoms with van der Waals surface area (Å²) in [6.07, 6.45) is 3.96. The molecule has 1 saturated heterocycles. The molecule has 8 nitrogen and oxygen atoms in total. The van der Waals surface area contributed by atoms with E-state index in [1.54, 1.807) is 12.1 Å². The zero-order valence-electron chi connectivity index (χ0n) is 17.8. The van der Waals surface area contributed by atoms with Crippen molar-refractivity contribution in [1.29, 1.82) is 0 Å². The molecule has 2 fully saturated rings. The lowest BCUT2D eigenvalue weighted by Gasteiger charge is -2.33. The summed E-state index contributed by atoms with van der Waals surface area (Å²) in [6.45, 7) is 6.83. The highest BCUT2D eigenvalue weighted by Crippen LogP contribution is 2.28. The number of anilines is 1. The number of benzene rings is 1. The van der Waals surface area contributed by atoms with Crippen molar-refractivity contribution in [3.05, 3.63) is 24.3 Å². The lowest BCUT2D eigenvalue weighted by Crippen LogP contribution is -2.48. The first-order valence-corrected chi connectivity index (χ1v) is 12.2. The second kappa shape index (κ2) is 9.89. The minimum absolute atomic E-state index is 0.135. The number of nitrogens with zero attached hydrogens (tertiary/aromatic N) is 2. The van der Waals surface area contributed by atoms with Crippen molar-refractivity contribution in [2.75, 3.05) is 38.0 Å². The fraction of sp³-hybridized carbons (Fsp3) is 0.619. The van der Waals surface area contributed by atoms with Crippen molar-refractivity contribution in [3.8, 4) is 0 Å². The molecule has 9 heteroatoms. The summed E-state index contributed by atoms with van der Waals surface area (Å²) in [5.41, 5.74) is 0.517. The Morgan fingerprint density at radius 3 is 2.20 bits per heavy atom. The molecular formula is C21H32N4O4S. The van der Waals surface area contributed by atoms with E-state index in [1.807, 2.05) is 0 Å². The summed E-state index contributed by atoms with van der Waals surface area (Å²) in [6, 6.07) is 5.70. The van der Waals surface area contributed by atoms with E-state index in [2.05, 4.69) is 22.5 Å². The number of likely N-dealkylation sites (N-methyl/N-ethyl adjacent to an activating group) is 1. The van der Waals surface area contributed by atoms with E-state index >= 15 is 0 Å². The maximum absolute atomic E-state index is 12.9. The van der Waals surface area contributed by atoms with Gasteiger partial charge in [-0.15, -0.1) is 0 Å². The van der Waals surface area contributed by atoms with Crippen LogP contribution in [0.3, 0.4) is 0 Å². The summed E-state index contributed by atoms with van der Waals surface area (Å²) < 4.78 is 27.3. The van der Waals surface area contributed by atoms with E-state index < -0.39 is 16.1 Å². The topological polar surface area (TPSA) is 98.8 Å². The van der Waals surface area contributed by atoms with E-state index in [0.29, 0.717) is 18.8 Å².